The molecule has 0 aromatic rings. The second kappa shape index (κ2) is 34.7. The predicted molar refractivity (Wildman–Crippen MR) is 93.0 cm³/mol. The van der Waals surface area contributed by atoms with E-state index in [2.05, 4.69) is 21.3 Å². The zero-order valence-corrected chi connectivity index (χ0v) is 15.4. The minimum absolute atomic E-state index is 0. The summed E-state index contributed by atoms with van der Waals surface area (Å²) in [5.74, 6) is 0. The summed E-state index contributed by atoms with van der Waals surface area (Å²) >= 11 is 0. The summed E-state index contributed by atoms with van der Waals surface area (Å²) in [6, 6.07) is 0. The van der Waals surface area contributed by atoms with Crippen molar-refractivity contribution in [2.75, 3.05) is 78.8 Å². The van der Waals surface area contributed by atoms with Crippen LogP contribution in [-0.2, 0) is 16.8 Å². The number of rotatable bonds is 14. The molecule has 0 aromatic heterocycles. The van der Waals surface area contributed by atoms with Gasteiger partial charge >= 0.3 is 16.8 Å². The van der Waals surface area contributed by atoms with Crippen molar-refractivity contribution < 1.29 is 42.3 Å². The average Bonchev–Trinajstić information content (AvgIpc) is 2.54. The molecule has 0 rings (SSSR count). The monoisotopic (exact) mass is 419 g/mol. The van der Waals surface area contributed by atoms with Crippen molar-refractivity contribution in [1.29, 1.82) is 0 Å². The molecule has 0 aromatic carbocycles. The van der Waals surface area contributed by atoms with E-state index in [4.69, 9.17) is 35.7 Å². The molecule has 10 N–H and O–H groups in total. The summed E-state index contributed by atoms with van der Waals surface area (Å²) in [6.45, 7) is 7.53. The van der Waals surface area contributed by atoms with Crippen LogP contribution >= 0.6 is 0 Å². The molecule has 0 aliphatic rings. The van der Waals surface area contributed by atoms with Crippen molar-refractivity contribution in [3.05, 3.63) is 15.3 Å². The fraction of sp³-hybridized carbons (Fsp3) is 1.00. The van der Waals surface area contributed by atoms with E-state index in [1.807, 2.05) is 0 Å². The van der Waals surface area contributed by atoms with Gasteiger partial charge in [-0.3, -0.25) is 0 Å². The van der Waals surface area contributed by atoms with Crippen LogP contribution in [0.4, 0.5) is 0 Å². The van der Waals surface area contributed by atoms with E-state index in [0.29, 0.717) is 26.3 Å². The van der Waals surface area contributed by atoms with E-state index in [-0.39, 0.29) is 30.0 Å². The Labute approximate surface area is 158 Å². The molecule has 0 bridgehead atoms. The SMILES string of the molecule is O=[N+]([O-])[O-].OCCNCCNCC[OH2+].OCCNCCNCC[OH2+].[Co+2]. The summed E-state index contributed by atoms with van der Waals surface area (Å²) in [7, 11) is 0. The van der Waals surface area contributed by atoms with Crippen molar-refractivity contribution in [3.63, 3.8) is 0 Å². The molecule has 13 heteroatoms. The van der Waals surface area contributed by atoms with Gasteiger partial charge in [-0.25, -0.2) is 0 Å². The summed E-state index contributed by atoms with van der Waals surface area (Å²) in [4.78, 5) is 8.25. The maximum Gasteiger partial charge on any atom is 2.00 e. The maximum absolute atomic E-state index is 8.36. The third-order valence-electron chi connectivity index (χ3n) is 2.14. The Morgan fingerprint density at radius 3 is 1.12 bits per heavy atom. The zero-order valence-electron chi connectivity index (χ0n) is 14.4. The second-order valence-corrected chi connectivity index (χ2v) is 4.17. The van der Waals surface area contributed by atoms with Crippen LogP contribution < -0.4 is 21.3 Å². The summed E-state index contributed by atoms with van der Waals surface area (Å²) in [5.41, 5.74) is 0. The van der Waals surface area contributed by atoms with E-state index in [1.54, 1.807) is 0 Å². The first-order chi connectivity index (χ1) is 11.6. The van der Waals surface area contributed by atoms with Crippen LogP contribution in [0.3, 0.4) is 0 Å². The average molecular weight is 419 g/mol. The molecule has 25 heavy (non-hydrogen) atoms. The number of nitrogens with zero attached hydrogens (tertiary/aromatic N) is 1. The van der Waals surface area contributed by atoms with E-state index in [9.17, 15) is 0 Å². The van der Waals surface area contributed by atoms with Crippen molar-refractivity contribution in [2.45, 2.75) is 0 Å². The van der Waals surface area contributed by atoms with Crippen LogP contribution in [0.25, 0.3) is 0 Å². The number of hydrogen-bond donors (Lipinski definition) is 6. The molecule has 0 aliphatic carbocycles. The van der Waals surface area contributed by atoms with Gasteiger partial charge in [0.2, 0.25) is 0 Å². The van der Waals surface area contributed by atoms with Gasteiger partial charge in [-0.1, -0.05) is 0 Å². The molecule has 155 valence electrons. The van der Waals surface area contributed by atoms with Gasteiger partial charge in [0.1, 0.15) is 0 Å². The van der Waals surface area contributed by atoms with Crippen LogP contribution in [0.5, 0.6) is 0 Å². The molecule has 0 spiro atoms. The standard InChI is InChI=1S/2C6H16N2O2.Co.NO3/c2*9-5-3-7-1-2-8-4-6-10;;2-1(3)4/h2*7-10H,1-6H2;;/q;;+2;-1/p+2. The van der Waals surface area contributed by atoms with Crippen LogP contribution in [0.2, 0.25) is 0 Å². The van der Waals surface area contributed by atoms with Crippen LogP contribution in [-0.4, -0.2) is 104 Å². The number of nitrogens with one attached hydrogen (secondary N) is 4. The Kier molecular flexibility index (Phi) is 44.5. The summed E-state index contributed by atoms with van der Waals surface area (Å²) in [5, 5.41) is 57.2. The first-order valence-electron chi connectivity index (χ1n) is 7.72. The molecular formula is C12H34CoN5O7+3. The Hall–Kier alpha value is -0.614. The van der Waals surface area contributed by atoms with Crippen LogP contribution in [0.1, 0.15) is 0 Å². The number of aliphatic hydroxyl groups excluding tert-OH is 2. The van der Waals surface area contributed by atoms with Crippen LogP contribution in [0, 0.1) is 15.3 Å². The largest absolute Gasteiger partial charge is 2.00 e. The van der Waals surface area contributed by atoms with Crippen molar-refractivity contribution in [2.24, 2.45) is 0 Å². The molecule has 0 fully saturated rings. The Bertz CT molecular complexity index is 198. The molecule has 0 heterocycles. The zero-order chi connectivity index (χ0) is 18.9. The molecule has 12 nitrogen and oxygen atoms in total. The van der Waals surface area contributed by atoms with Gasteiger partial charge in [0.15, 0.2) is 13.2 Å². The third-order valence-corrected chi connectivity index (χ3v) is 2.14. The van der Waals surface area contributed by atoms with E-state index < -0.39 is 5.09 Å². The normalized spacial score (nSPS) is 9.12. The Balaban J connectivity index is -0.000000141. The fourth-order valence-corrected chi connectivity index (χ4v) is 1.19. The van der Waals surface area contributed by atoms with Crippen molar-refractivity contribution in [3.8, 4) is 0 Å². The Morgan fingerprint density at radius 2 is 0.920 bits per heavy atom. The minimum atomic E-state index is -1.75. The fourth-order valence-electron chi connectivity index (χ4n) is 1.19. The molecular weight excluding hydrogens is 385 g/mol. The van der Waals surface area contributed by atoms with E-state index in [0.717, 1.165) is 39.3 Å². The molecule has 0 atom stereocenters. The molecule has 0 saturated heterocycles. The molecule has 0 saturated carbocycles. The predicted octanol–water partition coefficient (Wildman–Crippen LogP) is -4.48. The quantitative estimate of drug-likeness (QED) is 0.0695. The molecule has 0 aliphatic heterocycles. The second-order valence-electron chi connectivity index (χ2n) is 4.17. The third kappa shape index (κ3) is 59.7. The van der Waals surface area contributed by atoms with Gasteiger partial charge in [-0.2, -0.15) is 0 Å². The van der Waals surface area contributed by atoms with Gasteiger partial charge in [0, 0.05) is 39.3 Å². The molecule has 0 amide bonds. The molecule has 1 radical (unpaired) electrons. The van der Waals surface area contributed by atoms with Gasteiger partial charge < -0.3 is 57.0 Å². The Morgan fingerprint density at radius 1 is 0.680 bits per heavy atom. The van der Waals surface area contributed by atoms with E-state index >= 15 is 0 Å². The summed E-state index contributed by atoms with van der Waals surface area (Å²) in [6.07, 6.45) is 0. The number of aliphatic hydroxyl groups is 2. The van der Waals surface area contributed by atoms with Gasteiger partial charge in [0.05, 0.1) is 31.4 Å². The maximum atomic E-state index is 8.36. The van der Waals surface area contributed by atoms with Gasteiger partial charge in [-0.05, 0) is 0 Å². The van der Waals surface area contributed by atoms with Crippen molar-refractivity contribution in [1.82, 2.24) is 21.3 Å². The number of hydrogen-bond acceptors (Lipinski definition) is 9. The van der Waals surface area contributed by atoms with Crippen LogP contribution in [0.15, 0.2) is 0 Å². The van der Waals surface area contributed by atoms with Gasteiger partial charge in [-0.15, -0.1) is 0 Å². The van der Waals surface area contributed by atoms with E-state index in [1.165, 1.54) is 0 Å². The summed E-state index contributed by atoms with van der Waals surface area (Å²) < 4.78 is 0. The first kappa shape index (κ1) is 32.1. The van der Waals surface area contributed by atoms with Crippen molar-refractivity contribution >= 4 is 0 Å². The topological polar surface area (TPSA) is 201 Å². The minimum Gasteiger partial charge on any atom is -0.444 e. The molecule has 0 unspecified atom stereocenters. The first-order valence-corrected chi connectivity index (χ1v) is 7.72. The smallest absolute Gasteiger partial charge is 0.444 e. The van der Waals surface area contributed by atoms with Gasteiger partial charge in [0.25, 0.3) is 0 Å².